The van der Waals surface area contributed by atoms with Crippen LogP contribution in [-0.4, -0.2) is 16.9 Å². The number of rotatable bonds is 9. The van der Waals surface area contributed by atoms with E-state index in [9.17, 15) is 4.79 Å². The van der Waals surface area contributed by atoms with Gasteiger partial charge in [-0.15, -0.1) is 0 Å². The van der Waals surface area contributed by atoms with Gasteiger partial charge in [-0.2, -0.15) is 0 Å². The Morgan fingerprint density at radius 2 is 1.86 bits per heavy atom. The fourth-order valence-electron chi connectivity index (χ4n) is 1.23. The van der Waals surface area contributed by atoms with Gasteiger partial charge in [0.05, 0.1) is 0 Å². The lowest BCUT2D eigenvalue weighted by atomic mass is 10.2. The molecule has 2 nitrogen and oxygen atoms in total. The molecule has 0 bridgehead atoms. The van der Waals surface area contributed by atoms with Crippen LogP contribution in [-0.2, 0) is 4.79 Å². The van der Waals surface area contributed by atoms with Crippen LogP contribution in [0.5, 0.6) is 0 Å². The van der Waals surface area contributed by atoms with Crippen molar-refractivity contribution in [2.24, 2.45) is 0 Å². The molecule has 0 radical (unpaired) electrons. The number of carbonyl (C=O) groups is 1. The van der Waals surface area contributed by atoms with Crippen LogP contribution in [0.1, 0.15) is 51.9 Å². The SMILES string of the molecule is CCCCC(=O)NCCCCCCI. The lowest BCUT2D eigenvalue weighted by molar-refractivity contribution is -0.121. The van der Waals surface area contributed by atoms with Gasteiger partial charge in [0.15, 0.2) is 0 Å². The summed E-state index contributed by atoms with van der Waals surface area (Å²) in [7, 11) is 0. The number of halogens is 1. The Bertz CT molecular complexity index is 139. The highest BCUT2D eigenvalue weighted by Crippen LogP contribution is 2.01. The predicted octanol–water partition coefficient (Wildman–Crippen LogP) is 3.29. The van der Waals surface area contributed by atoms with Crippen LogP contribution >= 0.6 is 22.6 Å². The first-order valence-corrected chi connectivity index (χ1v) is 7.16. The maximum Gasteiger partial charge on any atom is 0.219 e. The molecule has 0 aliphatic heterocycles. The van der Waals surface area contributed by atoms with Gasteiger partial charge in [-0.1, -0.05) is 48.8 Å². The first kappa shape index (κ1) is 14.2. The van der Waals surface area contributed by atoms with E-state index < -0.39 is 0 Å². The quantitative estimate of drug-likeness (QED) is 0.395. The zero-order chi connectivity index (χ0) is 10.6. The van der Waals surface area contributed by atoms with Crippen LogP contribution < -0.4 is 5.32 Å². The summed E-state index contributed by atoms with van der Waals surface area (Å²) < 4.78 is 1.25. The molecule has 0 aliphatic rings. The minimum absolute atomic E-state index is 0.223. The molecule has 1 amide bonds. The molecule has 1 N–H and O–H groups in total. The molecule has 0 rings (SSSR count). The third kappa shape index (κ3) is 10.3. The Labute approximate surface area is 101 Å². The van der Waals surface area contributed by atoms with E-state index in [0.717, 1.165) is 25.8 Å². The number of amides is 1. The maximum absolute atomic E-state index is 11.2. The molecule has 0 heterocycles. The molecule has 0 spiro atoms. The van der Waals surface area contributed by atoms with Crippen LogP contribution in [0.4, 0.5) is 0 Å². The van der Waals surface area contributed by atoms with Gasteiger partial charge in [-0.25, -0.2) is 0 Å². The van der Waals surface area contributed by atoms with Gasteiger partial charge in [0, 0.05) is 13.0 Å². The van der Waals surface area contributed by atoms with Gasteiger partial charge < -0.3 is 5.32 Å². The van der Waals surface area contributed by atoms with Crippen molar-refractivity contribution in [2.45, 2.75) is 51.9 Å². The largest absolute Gasteiger partial charge is 0.356 e. The Morgan fingerprint density at radius 3 is 2.50 bits per heavy atom. The van der Waals surface area contributed by atoms with E-state index in [1.807, 2.05) is 0 Å². The highest BCUT2D eigenvalue weighted by Gasteiger charge is 1.98. The van der Waals surface area contributed by atoms with Crippen molar-refractivity contribution >= 4 is 28.5 Å². The van der Waals surface area contributed by atoms with Gasteiger partial charge in [0.1, 0.15) is 0 Å². The van der Waals surface area contributed by atoms with Gasteiger partial charge in [0.2, 0.25) is 5.91 Å². The molecule has 0 atom stereocenters. The van der Waals surface area contributed by atoms with Gasteiger partial charge in [-0.05, 0) is 23.7 Å². The molecule has 3 heteroatoms. The van der Waals surface area contributed by atoms with E-state index in [-0.39, 0.29) is 5.91 Å². The Morgan fingerprint density at radius 1 is 1.14 bits per heavy atom. The standard InChI is InChI=1S/C11H22INO/c1-2-3-8-11(14)13-10-7-5-4-6-9-12/h2-10H2,1H3,(H,13,14). The lowest BCUT2D eigenvalue weighted by Crippen LogP contribution is -2.23. The summed E-state index contributed by atoms with van der Waals surface area (Å²) in [5, 5.41) is 2.95. The van der Waals surface area contributed by atoms with Crippen LogP contribution in [0.15, 0.2) is 0 Å². The molecule has 0 saturated heterocycles. The topological polar surface area (TPSA) is 29.1 Å². The maximum atomic E-state index is 11.2. The van der Waals surface area contributed by atoms with Crippen molar-refractivity contribution in [3.63, 3.8) is 0 Å². The first-order valence-electron chi connectivity index (χ1n) is 5.64. The summed E-state index contributed by atoms with van der Waals surface area (Å²) in [5.41, 5.74) is 0. The molecule has 0 aromatic carbocycles. The fourth-order valence-corrected chi connectivity index (χ4v) is 1.77. The van der Waals surface area contributed by atoms with Crippen LogP contribution in [0, 0.1) is 0 Å². The zero-order valence-corrected chi connectivity index (χ0v) is 11.3. The van der Waals surface area contributed by atoms with Crippen molar-refractivity contribution in [1.29, 1.82) is 0 Å². The molecule has 0 aliphatic carbocycles. The monoisotopic (exact) mass is 311 g/mol. The lowest BCUT2D eigenvalue weighted by Gasteiger charge is -2.03. The average molecular weight is 311 g/mol. The second-order valence-corrected chi connectivity index (χ2v) is 4.64. The van der Waals surface area contributed by atoms with Gasteiger partial charge >= 0.3 is 0 Å². The van der Waals surface area contributed by atoms with E-state index in [1.165, 1.54) is 23.7 Å². The first-order chi connectivity index (χ1) is 6.81. The minimum Gasteiger partial charge on any atom is -0.356 e. The van der Waals surface area contributed by atoms with E-state index in [4.69, 9.17) is 0 Å². The molecular formula is C11H22INO. The Balaban J connectivity index is 3.07. The van der Waals surface area contributed by atoms with E-state index in [1.54, 1.807) is 0 Å². The van der Waals surface area contributed by atoms with Crippen LogP contribution in [0.3, 0.4) is 0 Å². The predicted molar refractivity (Wildman–Crippen MR) is 69.9 cm³/mol. The van der Waals surface area contributed by atoms with E-state index in [0.29, 0.717) is 6.42 Å². The molecule has 0 aromatic rings. The minimum atomic E-state index is 0.223. The van der Waals surface area contributed by atoms with E-state index in [2.05, 4.69) is 34.8 Å². The number of unbranched alkanes of at least 4 members (excludes halogenated alkanes) is 4. The third-order valence-corrected chi connectivity index (χ3v) is 2.90. The summed E-state index contributed by atoms with van der Waals surface area (Å²) >= 11 is 2.40. The smallest absolute Gasteiger partial charge is 0.219 e. The Kier molecular flexibility index (Phi) is 11.4. The molecule has 0 fully saturated rings. The van der Waals surface area contributed by atoms with Crippen molar-refractivity contribution < 1.29 is 4.79 Å². The second-order valence-electron chi connectivity index (χ2n) is 3.56. The summed E-state index contributed by atoms with van der Waals surface area (Å²) in [5.74, 6) is 0.223. The molecule has 0 unspecified atom stereocenters. The summed E-state index contributed by atoms with van der Waals surface area (Å²) in [6.45, 7) is 2.97. The summed E-state index contributed by atoms with van der Waals surface area (Å²) in [6.07, 6.45) is 7.80. The molecular weight excluding hydrogens is 289 g/mol. The van der Waals surface area contributed by atoms with Crippen molar-refractivity contribution in [2.75, 3.05) is 11.0 Å². The van der Waals surface area contributed by atoms with Crippen molar-refractivity contribution in [3.8, 4) is 0 Å². The van der Waals surface area contributed by atoms with E-state index >= 15 is 0 Å². The number of hydrogen-bond acceptors (Lipinski definition) is 1. The summed E-state index contributed by atoms with van der Waals surface area (Å²) in [4.78, 5) is 11.2. The normalized spacial score (nSPS) is 10.1. The van der Waals surface area contributed by atoms with Crippen LogP contribution in [0.2, 0.25) is 0 Å². The number of hydrogen-bond donors (Lipinski definition) is 1. The number of carbonyl (C=O) groups excluding carboxylic acids is 1. The second kappa shape index (κ2) is 11.3. The molecule has 0 saturated carbocycles. The zero-order valence-electron chi connectivity index (χ0n) is 9.15. The highest BCUT2D eigenvalue weighted by atomic mass is 127. The molecule has 84 valence electrons. The summed E-state index contributed by atoms with van der Waals surface area (Å²) in [6, 6.07) is 0. The number of alkyl halides is 1. The Hall–Kier alpha value is 0.200. The average Bonchev–Trinajstić information content (AvgIpc) is 2.20. The van der Waals surface area contributed by atoms with Crippen molar-refractivity contribution in [3.05, 3.63) is 0 Å². The molecule has 14 heavy (non-hydrogen) atoms. The van der Waals surface area contributed by atoms with Crippen molar-refractivity contribution in [1.82, 2.24) is 5.32 Å². The fraction of sp³-hybridized carbons (Fsp3) is 0.909. The van der Waals surface area contributed by atoms with Gasteiger partial charge in [-0.3, -0.25) is 4.79 Å². The third-order valence-electron chi connectivity index (χ3n) is 2.14. The highest BCUT2D eigenvalue weighted by molar-refractivity contribution is 14.1. The number of nitrogens with one attached hydrogen (secondary N) is 1. The molecule has 0 aromatic heterocycles. The van der Waals surface area contributed by atoms with Gasteiger partial charge in [0.25, 0.3) is 0 Å². The van der Waals surface area contributed by atoms with Crippen LogP contribution in [0.25, 0.3) is 0 Å².